The second kappa shape index (κ2) is 5.61. The first-order chi connectivity index (χ1) is 9.24. The molecule has 0 spiro atoms. The number of hydrogen-bond donors (Lipinski definition) is 0. The minimum atomic E-state index is 0.294. The molecule has 1 atom stereocenters. The summed E-state index contributed by atoms with van der Waals surface area (Å²) in [5.74, 6) is 0.902. The van der Waals surface area contributed by atoms with Crippen molar-refractivity contribution in [3.05, 3.63) is 16.7 Å². The summed E-state index contributed by atoms with van der Waals surface area (Å²) >= 11 is 7.64. The van der Waals surface area contributed by atoms with Crippen LogP contribution in [-0.4, -0.2) is 36.3 Å². The van der Waals surface area contributed by atoms with Gasteiger partial charge in [-0.25, -0.2) is 4.98 Å². The monoisotopic (exact) mass is 297 g/mol. The SMILES string of the molecule is CN(CC1CCCCO1)c1nc(Cl)nc2ccsc12. The standard InChI is InChI=1S/C13H16ClN3OS/c1-17(8-9-4-2-3-6-18-9)12-11-10(5-7-19-11)15-13(14)16-12/h5,7,9H,2-4,6,8H2,1H3. The summed E-state index contributed by atoms with van der Waals surface area (Å²) in [5, 5.41) is 2.32. The van der Waals surface area contributed by atoms with E-state index < -0.39 is 0 Å². The van der Waals surface area contributed by atoms with Crippen LogP contribution in [0.25, 0.3) is 10.2 Å². The maximum Gasteiger partial charge on any atom is 0.224 e. The molecule has 3 heterocycles. The van der Waals surface area contributed by atoms with Gasteiger partial charge in [-0.3, -0.25) is 0 Å². The molecule has 102 valence electrons. The van der Waals surface area contributed by atoms with Gasteiger partial charge < -0.3 is 9.64 Å². The van der Waals surface area contributed by atoms with Gasteiger partial charge in [0, 0.05) is 20.2 Å². The van der Waals surface area contributed by atoms with Gasteiger partial charge >= 0.3 is 0 Å². The molecule has 0 aromatic carbocycles. The smallest absolute Gasteiger partial charge is 0.224 e. The molecule has 0 amide bonds. The summed E-state index contributed by atoms with van der Waals surface area (Å²) in [6.45, 7) is 1.72. The summed E-state index contributed by atoms with van der Waals surface area (Å²) in [7, 11) is 2.04. The van der Waals surface area contributed by atoms with Gasteiger partial charge in [-0.05, 0) is 42.3 Å². The number of halogens is 1. The highest BCUT2D eigenvalue weighted by molar-refractivity contribution is 7.17. The first-order valence-corrected chi connectivity index (χ1v) is 7.73. The zero-order chi connectivity index (χ0) is 13.2. The van der Waals surface area contributed by atoms with Crippen LogP contribution in [0.4, 0.5) is 5.82 Å². The zero-order valence-corrected chi connectivity index (χ0v) is 12.4. The Bertz CT molecular complexity index is 568. The molecule has 1 saturated heterocycles. The highest BCUT2D eigenvalue weighted by atomic mass is 35.5. The van der Waals surface area contributed by atoms with Crippen LogP contribution in [-0.2, 0) is 4.74 Å². The van der Waals surface area contributed by atoms with E-state index in [1.165, 1.54) is 12.8 Å². The van der Waals surface area contributed by atoms with E-state index in [-0.39, 0.29) is 0 Å². The minimum absolute atomic E-state index is 0.294. The number of nitrogens with zero attached hydrogens (tertiary/aromatic N) is 3. The Morgan fingerprint density at radius 1 is 1.47 bits per heavy atom. The number of likely N-dealkylation sites (N-methyl/N-ethyl adjacent to an activating group) is 1. The molecule has 1 aliphatic rings. The lowest BCUT2D eigenvalue weighted by Gasteiger charge is -2.28. The van der Waals surface area contributed by atoms with Crippen molar-refractivity contribution in [2.75, 3.05) is 25.1 Å². The topological polar surface area (TPSA) is 38.2 Å². The van der Waals surface area contributed by atoms with Crippen LogP contribution in [0.5, 0.6) is 0 Å². The Kier molecular flexibility index (Phi) is 3.86. The van der Waals surface area contributed by atoms with Crippen LogP contribution in [0.1, 0.15) is 19.3 Å². The Labute approximate surface area is 121 Å². The summed E-state index contributed by atoms with van der Waals surface area (Å²) in [5.41, 5.74) is 0.913. The summed E-state index contributed by atoms with van der Waals surface area (Å²) in [4.78, 5) is 10.7. The maximum atomic E-state index is 5.99. The van der Waals surface area contributed by atoms with Crippen molar-refractivity contribution in [2.45, 2.75) is 25.4 Å². The molecule has 0 N–H and O–H groups in total. The first kappa shape index (κ1) is 13.1. The molecule has 0 saturated carbocycles. The summed E-state index contributed by atoms with van der Waals surface area (Å²) in [6, 6.07) is 1.97. The van der Waals surface area contributed by atoms with Crippen molar-refractivity contribution in [3.63, 3.8) is 0 Å². The molecule has 2 aromatic rings. The molecule has 1 unspecified atom stereocenters. The van der Waals surface area contributed by atoms with E-state index in [9.17, 15) is 0 Å². The second-order valence-electron chi connectivity index (χ2n) is 4.82. The van der Waals surface area contributed by atoms with E-state index in [1.807, 2.05) is 18.5 Å². The van der Waals surface area contributed by atoms with Gasteiger partial charge in [-0.2, -0.15) is 4.98 Å². The summed E-state index contributed by atoms with van der Waals surface area (Å²) in [6.07, 6.45) is 3.84. The number of anilines is 1. The highest BCUT2D eigenvalue weighted by Gasteiger charge is 2.19. The molecule has 0 aliphatic carbocycles. The van der Waals surface area contributed by atoms with Crippen molar-refractivity contribution >= 4 is 39.0 Å². The first-order valence-electron chi connectivity index (χ1n) is 6.47. The van der Waals surface area contributed by atoms with E-state index in [0.29, 0.717) is 11.4 Å². The Morgan fingerprint density at radius 2 is 2.37 bits per heavy atom. The van der Waals surface area contributed by atoms with E-state index >= 15 is 0 Å². The molecule has 2 aromatic heterocycles. The van der Waals surface area contributed by atoms with E-state index in [4.69, 9.17) is 16.3 Å². The predicted molar refractivity (Wildman–Crippen MR) is 79.3 cm³/mol. The molecule has 4 nitrogen and oxygen atoms in total. The number of hydrogen-bond acceptors (Lipinski definition) is 5. The zero-order valence-electron chi connectivity index (χ0n) is 10.8. The second-order valence-corrected chi connectivity index (χ2v) is 6.07. The van der Waals surface area contributed by atoms with Crippen molar-refractivity contribution in [1.82, 2.24) is 9.97 Å². The molecule has 1 aliphatic heterocycles. The van der Waals surface area contributed by atoms with E-state index in [2.05, 4.69) is 14.9 Å². The van der Waals surface area contributed by atoms with Crippen molar-refractivity contribution < 1.29 is 4.74 Å². The fourth-order valence-electron chi connectivity index (χ4n) is 2.42. The normalized spacial score (nSPS) is 19.8. The minimum Gasteiger partial charge on any atom is -0.376 e. The van der Waals surface area contributed by atoms with Crippen molar-refractivity contribution in [1.29, 1.82) is 0 Å². The lowest BCUT2D eigenvalue weighted by molar-refractivity contribution is 0.0215. The molecule has 1 fully saturated rings. The number of aromatic nitrogens is 2. The molecule has 3 rings (SSSR count). The third-order valence-corrected chi connectivity index (χ3v) is 4.44. The number of thiophene rings is 1. The fraction of sp³-hybridized carbons (Fsp3) is 0.538. The average molecular weight is 298 g/mol. The average Bonchev–Trinajstić information content (AvgIpc) is 2.86. The number of rotatable bonds is 3. The van der Waals surface area contributed by atoms with Crippen LogP contribution in [0.15, 0.2) is 11.4 Å². The molecule has 6 heteroatoms. The van der Waals surface area contributed by atoms with Crippen LogP contribution in [0.3, 0.4) is 0 Å². The van der Waals surface area contributed by atoms with Crippen LogP contribution in [0.2, 0.25) is 5.28 Å². The van der Waals surface area contributed by atoms with Gasteiger partial charge in [0.15, 0.2) is 5.82 Å². The highest BCUT2D eigenvalue weighted by Crippen LogP contribution is 2.30. The number of ether oxygens (including phenoxy) is 1. The van der Waals surface area contributed by atoms with Crippen molar-refractivity contribution in [3.8, 4) is 0 Å². The lowest BCUT2D eigenvalue weighted by atomic mass is 10.1. The molecule has 0 radical (unpaired) electrons. The lowest BCUT2D eigenvalue weighted by Crippen LogP contribution is -2.33. The molecule has 19 heavy (non-hydrogen) atoms. The Hall–Kier alpha value is -0.910. The number of fused-ring (bicyclic) bond motifs is 1. The van der Waals surface area contributed by atoms with E-state index in [0.717, 1.165) is 35.6 Å². The maximum absolute atomic E-state index is 5.99. The van der Waals surface area contributed by atoms with Gasteiger partial charge in [0.05, 0.1) is 16.3 Å². The third-order valence-electron chi connectivity index (χ3n) is 3.37. The van der Waals surface area contributed by atoms with Gasteiger partial charge in [-0.1, -0.05) is 0 Å². The van der Waals surface area contributed by atoms with Gasteiger partial charge in [0.2, 0.25) is 5.28 Å². The van der Waals surface area contributed by atoms with Gasteiger partial charge in [0.25, 0.3) is 0 Å². The van der Waals surface area contributed by atoms with Crippen LogP contribution < -0.4 is 4.90 Å². The molecule has 0 bridgehead atoms. The predicted octanol–water partition coefficient (Wildman–Crippen LogP) is 3.35. The van der Waals surface area contributed by atoms with Crippen molar-refractivity contribution in [2.24, 2.45) is 0 Å². The largest absolute Gasteiger partial charge is 0.376 e. The van der Waals surface area contributed by atoms with Crippen LogP contribution >= 0.6 is 22.9 Å². The van der Waals surface area contributed by atoms with E-state index in [1.54, 1.807) is 11.3 Å². The fourth-order valence-corrected chi connectivity index (χ4v) is 3.47. The Morgan fingerprint density at radius 3 is 3.16 bits per heavy atom. The van der Waals surface area contributed by atoms with Crippen LogP contribution in [0, 0.1) is 0 Å². The molecular formula is C13H16ClN3OS. The Balaban J connectivity index is 1.83. The molecular weight excluding hydrogens is 282 g/mol. The van der Waals surface area contributed by atoms with Gasteiger partial charge in [0.1, 0.15) is 0 Å². The third kappa shape index (κ3) is 2.83. The van der Waals surface area contributed by atoms with Gasteiger partial charge in [-0.15, -0.1) is 11.3 Å². The quantitative estimate of drug-likeness (QED) is 0.814. The summed E-state index contributed by atoms with van der Waals surface area (Å²) < 4.78 is 6.87.